The molecule has 0 aromatic carbocycles. The van der Waals surface area contributed by atoms with Crippen LogP contribution in [0, 0.1) is 22.7 Å². The molecule has 0 aliphatic carbocycles. The first-order valence-electron chi connectivity index (χ1n) is 2.23. The van der Waals surface area contributed by atoms with Gasteiger partial charge in [0.2, 0.25) is 11.5 Å². The van der Waals surface area contributed by atoms with E-state index >= 15 is 0 Å². The number of nitriles is 2. The Morgan fingerprint density at radius 2 is 1.30 bits per heavy atom. The smallest absolute Gasteiger partial charge is 0.247 e. The molecule has 0 rings (SSSR count). The molecule has 4 heteroatoms. The van der Waals surface area contributed by atoms with Crippen LogP contribution in [-0.2, 0) is 9.78 Å². The highest BCUT2D eigenvalue weighted by Gasteiger charge is 1.94. The molecule has 0 spiro atoms. The maximum atomic E-state index is 8.05. The molecule has 0 bridgehead atoms. The molecule has 0 saturated heterocycles. The Hall–Kier alpha value is -1.94. The molecule has 0 heterocycles. The number of hydrogen-bond acceptors (Lipinski definition) is 4. The van der Waals surface area contributed by atoms with Gasteiger partial charge < -0.3 is 0 Å². The lowest BCUT2D eigenvalue weighted by Gasteiger charge is -1.97. The standard InChI is InChI=1S/C6H4N2O2/c1-5(3-7)9-10-6(2)4-8/h1-2H2. The van der Waals surface area contributed by atoms with Crippen molar-refractivity contribution in [1.82, 2.24) is 0 Å². The lowest BCUT2D eigenvalue weighted by atomic mass is 10.6. The van der Waals surface area contributed by atoms with E-state index < -0.39 is 0 Å². The Labute approximate surface area is 58.1 Å². The first-order valence-corrected chi connectivity index (χ1v) is 2.23. The van der Waals surface area contributed by atoms with E-state index in [-0.39, 0.29) is 11.5 Å². The highest BCUT2D eigenvalue weighted by atomic mass is 17.2. The molecule has 0 radical (unpaired) electrons. The van der Waals surface area contributed by atoms with Gasteiger partial charge in [-0.3, -0.25) is 9.78 Å². The summed E-state index contributed by atoms with van der Waals surface area (Å²) in [5.41, 5.74) is 0. The molecular weight excluding hydrogens is 132 g/mol. The van der Waals surface area contributed by atoms with Crippen LogP contribution in [0.3, 0.4) is 0 Å². The SMILES string of the molecule is C=C(C#N)OOC(=C)C#N. The highest BCUT2D eigenvalue weighted by molar-refractivity contribution is 5.09. The van der Waals surface area contributed by atoms with Gasteiger partial charge in [-0.2, -0.15) is 10.5 Å². The molecule has 0 N–H and O–H groups in total. The molecule has 4 nitrogen and oxygen atoms in total. The molecule has 10 heavy (non-hydrogen) atoms. The van der Waals surface area contributed by atoms with Gasteiger partial charge in [-0.15, -0.1) is 0 Å². The van der Waals surface area contributed by atoms with Crippen molar-refractivity contribution >= 4 is 0 Å². The van der Waals surface area contributed by atoms with Gasteiger partial charge in [-0.05, 0) is 13.2 Å². The van der Waals surface area contributed by atoms with Gasteiger partial charge in [0.1, 0.15) is 12.1 Å². The number of nitrogens with zero attached hydrogens (tertiary/aromatic N) is 2. The maximum Gasteiger partial charge on any atom is 0.247 e. The normalized spacial score (nSPS) is 6.60. The lowest BCUT2D eigenvalue weighted by Crippen LogP contribution is -1.89. The number of rotatable bonds is 3. The van der Waals surface area contributed by atoms with E-state index in [2.05, 4.69) is 22.9 Å². The fourth-order valence-electron chi connectivity index (χ4n) is 0.138. The van der Waals surface area contributed by atoms with E-state index in [1.807, 2.05) is 0 Å². The molecule has 0 amide bonds. The van der Waals surface area contributed by atoms with Crippen molar-refractivity contribution in [2.24, 2.45) is 0 Å². The summed E-state index contributed by atoms with van der Waals surface area (Å²) in [6.45, 7) is 6.24. The molecule has 50 valence electrons. The zero-order valence-electron chi connectivity index (χ0n) is 5.13. The fourth-order valence-corrected chi connectivity index (χ4v) is 0.138. The van der Waals surface area contributed by atoms with Crippen LogP contribution in [0.15, 0.2) is 24.7 Å². The van der Waals surface area contributed by atoms with Crippen LogP contribution in [0.4, 0.5) is 0 Å². The molecule has 0 saturated carbocycles. The van der Waals surface area contributed by atoms with Gasteiger partial charge in [-0.1, -0.05) is 0 Å². The van der Waals surface area contributed by atoms with Crippen LogP contribution in [0.1, 0.15) is 0 Å². The summed E-state index contributed by atoms with van der Waals surface area (Å²) >= 11 is 0. The van der Waals surface area contributed by atoms with E-state index in [1.165, 1.54) is 0 Å². The van der Waals surface area contributed by atoms with Gasteiger partial charge >= 0.3 is 0 Å². The Bertz CT molecular complexity index is 205. The van der Waals surface area contributed by atoms with Gasteiger partial charge in [-0.25, -0.2) is 0 Å². The lowest BCUT2D eigenvalue weighted by molar-refractivity contribution is -0.214. The van der Waals surface area contributed by atoms with E-state index in [9.17, 15) is 0 Å². The second-order valence-corrected chi connectivity index (χ2v) is 1.24. The minimum absolute atomic E-state index is 0.226. The Morgan fingerprint density at radius 1 is 1.00 bits per heavy atom. The predicted molar refractivity (Wildman–Crippen MR) is 31.7 cm³/mol. The van der Waals surface area contributed by atoms with E-state index in [0.29, 0.717) is 0 Å². The second-order valence-electron chi connectivity index (χ2n) is 1.24. The fraction of sp³-hybridized carbons (Fsp3) is 0. The molecule has 0 atom stereocenters. The zero-order chi connectivity index (χ0) is 7.98. The molecule has 0 aromatic rings. The summed E-state index contributed by atoms with van der Waals surface area (Å²) in [6, 6.07) is 3.10. The van der Waals surface area contributed by atoms with E-state index in [1.54, 1.807) is 12.1 Å². The summed E-state index contributed by atoms with van der Waals surface area (Å²) < 4.78 is 0. The van der Waals surface area contributed by atoms with Gasteiger partial charge in [0.15, 0.2) is 0 Å². The number of hydrogen-bond donors (Lipinski definition) is 0. The summed E-state index contributed by atoms with van der Waals surface area (Å²) in [6.07, 6.45) is 0. The third-order valence-electron chi connectivity index (χ3n) is 0.492. The minimum atomic E-state index is -0.226. The van der Waals surface area contributed by atoms with Gasteiger partial charge in [0, 0.05) is 0 Å². The van der Waals surface area contributed by atoms with Crippen molar-refractivity contribution < 1.29 is 9.78 Å². The van der Waals surface area contributed by atoms with Crippen molar-refractivity contribution in [1.29, 1.82) is 10.5 Å². The third-order valence-corrected chi connectivity index (χ3v) is 0.492. The Kier molecular flexibility index (Phi) is 3.22. The summed E-state index contributed by atoms with van der Waals surface area (Å²) in [7, 11) is 0. The molecule has 0 unspecified atom stereocenters. The maximum absolute atomic E-state index is 8.05. The quantitative estimate of drug-likeness (QED) is 0.251. The van der Waals surface area contributed by atoms with Crippen molar-refractivity contribution in [2.75, 3.05) is 0 Å². The van der Waals surface area contributed by atoms with Gasteiger partial charge in [0.25, 0.3) is 0 Å². The third kappa shape index (κ3) is 3.11. The highest BCUT2D eigenvalue weighted by Crippen LogP contribution is 1.97. The van der Waals surface area contributed by atoms with E-state index in [0.717, 1.165) is 0 Å². The molecular formula is C6H4N2O2. The molecule has 0 aliphatic heterocycles. The number of allylic oxidation sites excluding steroid dienone is 2. The monoisotopic (exact) mass is 136 g/mol. The van der Waals surface area contributed by atoms with E-state index in [4.69, 9.17) is 10.5 Å². The van der Waals surface area contributed by atoms with Crippen molar-refractivity contribution in [3.05, 3.63) is 24.7 Å². The minimum Gasteiger partial charge on any atom is -0.278 e. The van der Waals surface area contributed by atoms with Crippen molar-refractivity contribution in [3.63, 3.8) is 0 Å². The van der Waals surface area contributed by atoms with Crippen LogP contribution < -0.4 is 0 Å². The van der Waals surface area contributed by atoms with Crippen LogP contribution >= 0.6 is 0 Å². The molecule has 0 aliphatic rings. The van der Waals surface area contributed by atoms with Crippen molar-refractivity contribution in [3.8, 4) is 12.1 Å². The van der Waals surface area contributed by atoms with Crippen LogP contribution in [-0.4, -0.2) is 0 Å². The average Bonchev–Trinajstić information content (AvgIpc) is 1.99. The first kappa shape index (κ1) is 8.06. The van der Waals surface area contributed by atoms with Crippen LogP contribution in [0.2, 0.25) is 0 Å². The summed E-state index contributed by atoms with van der Waals surface area (Å²) in [5, 5.41) is 16.1. The first-order chi connectivity index (χ1) is 4.70. The Morgan fingerprint density at radius 3 is 1.50 bits per heavy atom. The molecule has 0 aromatic heterocycles. The van der Waals surface area contributed by atoms with Gasteiger partial charge in [0.05, 0.1) is 0 Å². The second kappa shape index (κ2) is 3.99. The summed E-state index contributed by atoms with van der Waals surface area (Å²) in [4.78, 5) is 8.33. The van der Waals surface area contributed by atoms with Crippen LogP contribution in [0.25, 0.3) is 0 Å². The largest absolute Gasteiger partial charge is 0.278 e. The Balaban J connectivity index is 3.61. The summed E-state index contributed by atoms with van der Waals surface area (Å²) in [5.74, 6) is -0.451. The zero-order valence-corrected chi connectivity index (χ0v) is 5.13. The van der Waals surface area contributed by atoms with Crippen molar-refractivity contribution in [2.45, 2.75) is 0 Å². The predicted octanol–water partition coefficient (Wildman–Crippen LogP) is 1.01. The topological polar surface area (TPSA) is 66.0 Å². The molecule has 0 fully saturated rings. The average molecular weight is 136 g/mol. The van der Waals surface area contributed by atoms with Crippen LogP contribution in [0.5, 0.6) is 0 Å².